The van der Waals surface area contributed by atoms with Crippen molar-refractivity contribution in [1.82, 2.24) is 0 Å². The van der Waals surface area contributed by atoms with Crippen LogP contribution in [0.4, 0.5) is 0 Å². The molecule has 3 heteroatoms. The summed E-state index contributed by atoms with van der Waals surface area (Å²) in [6.07, 6.45) is 2.20. The molecule has 0 aromatic heterocycles. The van der Waals surface area contributed by atoms with Gasteiger partial charge in [0.1, 0.15) is 5.75 Å². The predicted octanol–water partition coefficient (Wildman–Crippen LogP) is 5.01. The number of fused-ring (bicyclic) bond motifs is 1. The van der Waals surface area contributed by atoms with Crippen molar-refractivity contribution in [2.75, 3.05) is 6.61 Å². The van der Waals surface area contributed by atoms with Gasteiger partial charge in [-0.1, -0.05) is 66.7 Å². The second kappa shape index (κ2) is 7.67. The molecule has 1 aliphatic carbocycles. The summed E-state index contributed by atoms with van der Waals surface area (Å²) in [5.41, 5.74) is 5.40. The van der Waals surface area contributed by atoms with E-state index in [0.717, 1.165) is 12.8 Å². The van der Waals surface area contributed by atoms with E-state index in [4.69, 9.17) is 9.84 Å². The molecule has 1 N–H and O–H groups in total. The lowest BCUT2D eigenvalue weighted by Crippen LogP contribution is -2.20. The number of rotatable bonds is 5. The van der Waals surface area contributed by atoms with Gasteiger partial charge in [0, 0.05) is 5.92 Å². The topological polar surface area (TPSA) is 46.5 Å². The molecule has 0 heterocycles. The molecule has 0 saturated heterocycles. The summed E-state index contributed by atoms with van der Waals surface area (Å²) in [5, 5.41) is 8.78. The first-order valence-corrected chi connectivity index (χ1v) is 9.29. The summed E-state index contributed by atoms with van der Waals surface area (Å²) in [6.45, 7) is -0.321. The zero-order valence-corrected chi connectivity index (χ0v) is 15.0. The van der Waals surface area contributed by atoms with Crippen LogP contribution in [0.2, 0.25) is 0 Å². The van der Waals surface area contributed by atoms with Crippen LogP contribution in [0.3, 0.4) is 0 Å². The molecule has 0 unspecified atom stereocenters. The standard InChI is InChI=1S/C24H22O3/c25-23(26)16-27-20-13-10-19(11-14-20)24-21-9-5-4-8-18(21)12-15-22(24)17-6-2-1-3-7-17/h1-11,13-14,22,24H,12,15-16H2,(H,25,26)/t22-,24-/m1/s1. The van der Waals surface area contributed by atoms with E-state index in [2.05, 4.69) is 66.7 Å². The molecule has 136 valence electrons. The van der Waals surface area contributed by atoms with Crippen molar-refractivity contribution in [1.29, 1.82) is 0 Å². The molecule has 3 aromatic rings. The Morgan fingerprint density at radius 2 is 1.59 bits per heavy atom. The molecule has 27 heavy (non-hydrogen) atoms. The first-order valence-electron chi connectivity index (χ1n) is 9.29. The maximum atomic E-state index is 10.7. The van der Waals surface area contributed by atoms with Crippen LogP contribution in [0.15, 0.2) is 78.9 Å². The van der Waals surface area contributed by atoms with E-state index < -0.39 is 5.97 Å². The first kappa shape index (κ1) is 17.3. The fraction of sp³-hybridized carbons (Fsp3) is 0.208. The van der Waals surface area contributed by atoms with Crippen LogP contribution in [-0.2, 0) is 11.2 Å². The monoisotopic (exact) mass is 358 g/mol. The zero-order valence-electron chi connectivity index (χ0n) is 15.0. The lowest BCUT2D eigenvalue weighted by atomic mass is 9.69. The van der Waals surface area contributed by atoms with Gasteiger partial charge in [-0.05, 0) is 53.1 Å². The van der Waals surface area contributed by atoms with Crippen LogP contribution in [0.25, 0.3) is 0 Å². The quantitative estimate of drug-likeness (QED) is 0.697. The maximum absolute atomic E-state index is 10.7. The predicted molar refractivity (Wildman–Crippen MR) is 105 cm³/mol. The smallest absolute Gasteiger partial charge is 0.341 e. The Kier molecular flexibility index (Phi) is 4.93. The van der Waals surface area contributed by atoms with Crippen molar-refractivity contribution >= 4 is 5.97 Å². The summed E-state index contributed by atoms with van der Waals surface area (Å²) in [4.78, 5) is 10.7. The normalized spacial score (nSPS) is 18.5. The SMILES string of the molecule is O=C(O)COc1ccc([C@@H]2c3ccccc3CC[C@@H]2c2ccccc2)cc1. The number of hydrogen-bond acceptors (Lipinski definition) is 2. The summed E-state index contributed by atoms with van der Waals surface area (Å²) in [6, 6.07) is 27.3. The molecular weight excluding hydrogens is 336 g/mol. The van der Waals surface area contributed by atoms with Crippen LogP contribution < -0.4 is 4.74 Å². The van der Waals surface area contributed by atoms with Gasteiger partial charge in [-0.25, -0.2) is 4.79 Å². The summed E-state index contributed by atoms with van der Waals surface area (Å²) in [5.74, 6) is 0.323. The van der Waals surface area contributed by atoms with E-state index >= 15 is 0 Å². The third-order valence-electron chi connectivity index (χ3n) is 5.35. The Bertz CT molecular complexity index is 916. The minimum Gasteiger partial charge on any atom is -0.482 e. The molecular formula is C24H22O3. The lowest BCUT2D eigenvalue weighted by Gasteiger charge is -2.34. The van der Waals surface area contributed by atoms with Crippen LogP contribution in [0.1, 0.15) is 40.5 Å². The minimum absolute atomic E-state index is 0.283. The average molecular weight is 358 g/mol. The Balaban J connectivity index is 1.70. The van der Waals surface area contributed by atoms with Crippen LogP contribution >= 0.6 is 0 Å². The van der Waals surface area contributed by atoms with Gasteiger partial charge < -0.3 is 9.84 Å². The van der Waals surface area contributed by atoms with E-state index in [1.807, 2.05) is 12.1 Å². The Morgan fingerprint density at radius 3 is 2.33 bits per heavy atom. The summed E-state index contributed by atoms with van der Waals surface area (Å²) >= 11 is 0. The third kappa shape index (κ3) is 3.72. The molecule has 0 fully saturated rings. The molecule has 3 nitrogen and oxygen atoms in total. The lowest BCUT2D eigenvalue weighted by molar-refractivity contribution is -0.139. The van der Waals surface area contributed by atoms with Crippen molar-refractivity contribution in [3.63, 3.8) is 0 Å². The van der Waals surface area contributed by atoms with Gasteiger partial charge in [0.05, 0.1) is 0 Å². The number of hydrogen-bond donors (Lipinski definition) is 1. The number of carboxylic acid groups (broad SMARTS) is 1. The van der Waals surface area contributed by atoms with Gasteiger partial charge in [-0.3, -0.25) is 0 Å². The molecule has 0 spiro atoms. The highest BCUT2D eigenvalue weighted by atomic mass is 16.5. The number of benzene rings is 3. The van der Waals surface area contributed by atoms with E-state index in [1.165, 1.54) is 22.3 Å². The van der Waals surface area contributed by atoms with E-state index in [-0.39, 0.29) is 12.5 Å². The van der Waals surface area contributed by atoms with Crippen molar-refractivity contribution in [3.8, 4) is 5.75 Å². The Labute approximate surface area is 159 Å². The van der Waals surface area contributed by atoms with E-state index in [0.29, 0.717) is 11.7 Å². The molecule has 0 saturated carbocycles. The highest BCUT2D eigenvalue weighted by Crippen LogP contribution is 2.46. The number of carboxylic acids is 1. The van der Waals surface area contributed by atoms with Gasteiger partial charge in [-0.15, -0.1) is 0 Å². The van der Waals surface area contributed by atoms with Crippen molar-refractivity contribution < 1.29 is 14.6 Å². The maximum Gasteiger partial charge on any atom is 0.341 e. The van der Waals surface area contributed by atoms with Crippen molar-refractivity contribution in [3.05, 3.63) is 101 Å². The van der Waals surface area contributed by atoms with E-state index in [1.54, 1.807) is 0 Å². The van der Waals surface area contributed by atoms with Gasteiger partial charge in [-0.2, -0.15) is 0 Å². The van der Waals surface area contributed by atoms with Gasteiger partial charge in [0.2, 0.25) is 0 Å². The van der Waals surface area contributed by atoms with Gasteiger partial charge in [0.25, 0.3) is 0 Å². The fourth-order valence-corrected chi connectivity index (χ4v) is 4.15. The second-order valence-corrected chi connectivity index (χ2v) is 6.98. The van der Waals surface area contributed by atoms with Crippen molar-refractivity contribution in [2.24, 2.45) is 0 Å². The number of carbonyl (C=O) groups is 1. The molecule has 3 aromatic carbocycles. The van der Waals surface area contributed by atoms with Crippen LogP contribution in [0, 0.1) is 0 Å². The highest BCUT2D eigenvalue weighted by Gasteiger charge is 2.31. The first-order chi connectivity index (χ1) is 13.2. The minimum atomic E-state index is -0.968. The molecule has 2 atom stereocenters. The van der Waals surface area contributed by atoms with Crippen molar-refractivity contribution in [2.45, 2.75) is 24.7 Å². The van der Waals surface area contributed by atoms with Gasteiger partial charge in [0.15, 0.2) is 6.61 Å². The number of ether oxygens (including phenoxy) is 1. The summed E-state index contributed by atoms with van der Waals surface area (Å²) < 4.78 is 5.29. The zero-order chi connectivity index (χ0) is 18.6. The highest BCUT2D eigenvalue weighted by molar-refractivity contribution is 5.68. The molecule has 0 radical (unpaired) electrons. The largest absolute Gasteiger partial charge is 0.482 e. The van der Waals surface area contributed by atoms with Crippen LogP contribution in [-0.4, -0.2) is 17.7 Å². The number of aliphatic carboxylic acids is 1. The van der Waals surface area contributed by atoms with E-state index in [9.17, 15) is 4.79 Å². The molecule has 0 aliphatic heterocycles. The Hall–Kier alpha value is -3.07. The second-order valence-electron chi connectivity index (χ2n) is 6.98. The molecule has 4 rings (SSSR count). The van der Waals surface area contributed by atoms with Crippen LogP contribution in [0.5, 0.6) is 5.75 Å². The molecule has 1 aliphatic rings. The third-order valence-corrected chi connectivity index (χ3v) is 5.35. The Morgan fingerprint density at radius 1 is 0.889 bits per heavy atom. The molecule has 0 amide bonds. The van der Waals surface area contributed by atoms with Gasteiger partial charge >= 0.3 is 5.97 Å². The number of aryl methyl sites for hydroxylation is 1. The average Bonchev–Trinajstić information content (AvgIpc) is 2.72. The fourth-order valence-electron chi connectivity index (χ4n) is 4.15. The summed E-state index contributed by atoms with van der Waals surface area (Å²) in [7, 11) is 0. The molecule has 0 bridgehead atoms.